The van der Waals surface area contributed by atoms with Gasteiger partial charge in [-0.1, -0.05) is 11.6 Å². The molecule has 10 heteroatoms. The third-order valence-electron chi connectivity index (χ3n) is 6.32. The van der Waals surface area contributed by atoms with Crippen LogP contribution >= 0.6 is 11.6 Å². The second-order valence-electron chi connectivity index (χ2n) is 8.53. The van der Waals surface area contributed by atoms with Crippen molar-refractivity contribution in [2.75, 3.05) is 23.3 Å². The lowest BCUT2D eigenvalue weighted by Crippen LogP contribution is -2.31. The Hall–Kier alpha value is -3.20. The van der Waals surface area contributed by atoms with Gasteiger partial charge in [-0.15, -0.1) is 0 Å². The van der Waals surface area contributed by atoms with E-state index in [0.717, 1.165) is 13.1 Å². The smallest absolute Gasteiger partial charge is 0.356 e. The van der Waals surface area contributed by atoms with Gasteiger partial charge in [-0.05, 0) is 49.4 Å². The number of nitrogens with zero attached hydrogens (tertiary/aromatic N) is 4. The molecular formula is C22H21ClFN5O3. The molecule has 3 heterocycles. The maximum atomic E-state index is 14.5. The number of hydrogen-bond donors (Lipinski definition) is 2. The number of rotatable bonds is 5. The Bertz CT molecular complexity index is 1320. The number of carbonyl (C=O) groups is 1. The van der Waals surface area contributed by atoms with E-state index in [0.29, 0.717) is 28.9 Å². The minimum Gasteiger partial charge on any atom is -0.476 e. The highest BCUT2D eigenvalue weighted by molar-refractivity contribution is 6.29. The maximum absolute atomic E-state index is 14.5. The molecular weight excluding hydrogens is 437 g/mol. The van der Waals surface area contributed by atoms with Crippen LogP contribution in [0.2, 0.25) is 5.15 Å². The number of piperidine rings is 1. The second kappa shape index (κ2) is 7.44. The molecule has 166 valence electrons. The van der Waals surface area contributed by atoms with Gasteiger partial charge in [0.1, 0.15) is 11.0 Å². The summed E-state index contributed by atoms with van der Waals surface area (Å²) < 4.78 is 16.0. The topological polar surface area (TPSA) is 100 Å². The Morgan fingerprint density at radius 1 is 1.28 bits per heavy atom. The predicted molar refractivity (Wildman–Crippen MR) is 119 cm³/mol. The first-order chi connectivity index (χ1) is 15.2. The van der Waals surface area contributed by atoms with Crippen molar-refractivity contribution in [1.82, 2.24) is 14.5 Å². The van der Waals surface area contributed by atoms with Gasteiger partial charge >= 0.3 is 5.97 Å². The molecule has 2 aliphatic rings. The van der Waals surface area contributed by atoms with Crippen LogP contribution in [0.25, 0.3) is 10.9 Å². The summed E-state index contributed by atoms with van der Waals surface area (Å²) in [5.41, 5.74) is 0.512. The van der Waals surface area contributed by atoms with E-state index in [2.05, 4.69) is 15.2 Å². The van der Waals surface area contributed by atoms with Gasteiger partial charge in [-0.3, -0.25) is 9.36 Å². The van der Waals surface area contributed by atoms with Crippen LogP contribution in [0.4, 0.5) is 16.0 Å². The Labute approximate surface area is 187 Å². The average molecular weight is 458 g/mol. The molecule has 1 aromatic carbocycles. The van der Waals surface area contributed by atoms with Gasteiger partial charge in [0, 0.05) is 25.7 Å². The highest BCUT2D eigenvalue weighted by Gasteiger charge is 2.46. The number of aromatic nitrogens is 3. The first-order valence-corrected chi connectivity index (χ1v) is 10.7. The van der Waals surface area contributed by atoms with Crippen molar-refractivity contribution in [1.29, 1.82) is 0 Å². The van der Waals surface area contributed by atoms with Gasteiger partial charge in [0.15, 0.2) is 5.69 Å². The molecule has 0 radical (unpaired) electrons. The number of fused-ring (bicyclic) bond motifs is 2. The lowest BCUT2D eigenvalue weighted by molar-refractivity contribution is 0.0691. The first kappa shape index (κ1) is 20.7. The number of benzene rings is 1. The summed E-state index contributed by atoms with van der Waals surface area (Å²) in [4.78, 5) is 35.4. The fourth-order valence-electron chi connectivity index (χ4n) is 4.55. The summed E-state index contributed by atoms with van der Waals surface area (Å²) in [6.45, 7) is 3.47. The van der Waals surface area contributed by atoms with Crippen LogP contribution in [0, 0.1) is 17.7 Å². The molecule has 3 aromatic rings. The molecule has 3 atom stereocenters. The zero-order valence-electron chi connectivity index (χ0n) is 17.5. The van der Waals surface area contributed by atoms with E-state index in [1.807, 2.05) is 0 Å². The van der Waals surface area contributed by atoms with Crippen LogP contribution < -0.4 is 15.8 Å². The molecule has 8 nitrogen and oxygen atoms in total. The van der Waals surface area contributed by atoms with Crippen molar-refractivity contribution in [3.05, 3.63) is 56.8 Å². The summed E-state index contributed by atoms with van der Waals surface area (Å²) >= 11 is 5.83. The Morgan fingerprint density at radius 3 is 2.69 bits per heavy atom. The molecule has 2 unspecified atom stereocenters. The van der Waals surface area contributed by atoms with Crippen molar-refractivity contribution in [3.8, 4) is 0 Å². The van der Waals surface area contributed by atoms with Crippen LogP contribution in [0.3, 0.4) is 0 Å². The Kier molecular flexibility index (Phi) is 4.81. The van der Waals surface area contributed by atoms with E-state index in [1.54, 1.807) is 14.0 Å². The number of carboxylic acid groups (broad SMARTS) is 1. The monoisotopic (exact) mass is 457 g/mol. The molecule has 5 rings (SSSR count). The quantitative estimate of drug-likeness (QED) is 0.566. The number of pyridine rings is 1. The zero-order chi connectivity index (χ0) is 22.7. The van der Waals surface area contributed by atoms with Crippen LogP contribution in [0.5, 0.6) is 0 Å². The number of halogens is 2. The minimum atomic E-state index is -1.24. The molecule has 1 saturated heterocycles. The molecule has 1 saturated carbocycles. The van der Waals surface area contributed by atoms with Crippen molar-refractivity contribution < 1.29 is 14.3 Å². The molecule has 1 aliphatic carbocycles. The standard InChI is InChI=1S/C22H21ClFN5O3/c1-10(25-16-3-4-17(23)26-19(16)21(31)32)14-6-13(24)7-15-18(14)27-22(28(2)20(15)30)29-8-11-5-12(11)9-29/h3-4,6-7,10-12,25H,5,8-9H2,1-2H3,(H,31,32)/t10-,11?,12?/m1/s1. The SMILES string of the molecule is C[C@@H](Nc1ccc(Cl)nc1C(=O)O)c1cc(F)cc2c(=O)n(C)c(N3CC4CC4C3)nc12. The van der Waals surface area contributed by atoms with E-state index in [-0.39, 0.29) is 27.5 Å². The Balaban J connectivity index is 1.60. The van der Waals surface area contributed by atoms with Gasteiger partial charge in [0.05, 0.1) is 22.6 Å². The molecule has 2 fully saturated rings. The molecule has 0 amide bonds. The van der Waals surface area contributed by atoms with Crippen molar-refractivity contribution in [3.63, 3.8) is 0 Å². The van der Waals surface area contributed by atoms with Gasteiger partial charge in [0.2, 0.25) is 5.95 Å². The van der Waals surface area contributed by atoms with Gasteiger partial charge in [-0.25, -0.2) is 19.2 Å². The van der Waals surface area contributed by atoms with E-state index in [1.165, 1.54) is 35.3 Å². The molecule has 1 aliphatic heterocycles. The van der Waals surface area contributed by atoms with Crippen LogP contribution in [0.1, 0.15) is 35.4 Å². The van der Waals surface area contributed by atoms with Gasteiger partial charge in [0.25, 0.3) is 5.56 Å². The van der Waals surface area contributed by atoms with Crippen LogP contribution in [0.15, 0.2) is 29.1 Å². The van der Waals surface area contributed by atoms with Crippen molar-refractivity contribution >= 4 is 40.1 Å². The van der Waals surface area contributed by atoms with E-state index in [4.69, 9.17) is 16.6 Å². The van der Waals surface area contributed by atoms with Crippen LogP contribution in [-0.2, 0) is 7.05 Å². The molecule has 0 spiro atoms. The first-order valence-electron chi connectivity index (χ1n) is 10.3. The zero-order valence-corrected chi connectivity index (χ0v) is 18.2. The lowest BCUT2D eigenvalue weighted by Gasteiger charge is -2.23. The summed E-state index contributed by atoms with van der Waals surface area (Å²) in [6.07, 6.45) is 1.22. The largest absolute Gasteiger partial charge is 0.476 e. The maximum Gasteiger partial charge on any atom is 0.356 e. The van der Waals surface area contributed by atoms with E-state index < -0.39 is 17.8 Å². The van der Waals surface area contributed by atoms with Crippen molar-refractivity contribution in [2.24, 2.45) is 18.9 Å². The molecule has 2 N–H and O–H groups in total. The highest BCUT2D eigenvalue weighted by Crippen LogP contribution is 2.46. The summed E-state index contributed by atoms with van der Waals surface area (Å²) in [7, 11) is 1.65. The number of hydrogen-bond acceptors (Lipinski definition) is 6. The third-order valence-corrected chi connectivity index (χ3v) is 6.53. The number of aromatic carboxylic acids is 1. The molecule has 0 bridgehead atoms. The third kappa shape index (κ3) is 3.46. The van der Waals surface area contributed by atoms with Gasteiger partial charge < -0.3 is 15.3 Å². The van der Waals surface area contributed by atoms with Crippen molar-refractivity contribution in [2.45, 2.75) is 19.4 Å². The number of nitrogens with one attached hydrogen (secondary N) is 1. The fourth-order valence-corrected chi connectivity index (χ4v) is 4.70. The average Bonchev–Trinajstić information content (AvgIpc) is 3.36. The Morgan fingerprint density at radius 2 is 2.00 bits per heavy atom. The summed E-state index contributed by atoms with van der Waals surface area (Å²) in [5.74, 6) is 0.0654. The lowest BCUT2D eigenvalue weighted by atomic mass is 10.0. The number of anilines is 2. The minimum absolute atomic E-state index is 0.0512. The molecule has 32 heavy (non-hydrogen) atoms. The second-order valence-corrected chi connectivity index (χ2v) is 8.92. The predicted octanol–water partition coefficient (Wildman–Crippen LogP) is 3.45. The fraction of sp³-hybridized carbons (Fsp3) is 0.364. The van der Waals surface area contributed by atoms with Gasteiger partial charge in [-0.2, -0.15) is 0 Å². The highest BCUT2D eigenvalue weighted by atomic mass is 35.5. The summed E-state index contributed by atoms with van der Waals surface area (Å²) in [5, 5.41) is 12.7. The van der Waals surface area contributed by atoms with E-state index in [9.17, 15) is 19.1 Å². The number of carboxylic acids is 1. The molecule has 2 aromatic heterocycles. The summed E-state index contributed by atoms with van der Waals surface area (Å²) in [6, 6.07) is 4.93. The normalized spacial score (nSPS) is 20.3. The van der Waals surface area contributed by atoms with E-state index >= 15 is 0 Å². The van der Waals surface area contributed by atoms with Crippen LogP contribution in [-0.4, -0.2) is 38.7 Å².